The minimum Gasteiger partial charge on any atom is -0.298 e. The lowest BCUT2D eigenvalue weighted by molar-refractivity contribution is 0.404. The summed E-state index contributed by atoms with van der Waals surface area (Å²) in [7, 11) is 0. The fourth-order valence-electron chi connectivity index (χ4n) is 11.0. The summed E-state index contributed by atoms with van der Waals surface area (Å²) in [6.07, 6.45) is 33.7. The maximum Gasteiger partial charge on any atom is 0.170 e. The van der Waals surface area contributed by atoms with E-state index in [2.05, 4.69) is 71.0 Å². The molecule has 0 spiro atoms. The van der Waals surface area contributed by atoms with Crippen molar-refractivity contribution in [1.29, 1.82) is 10.8 Å². The molecule has 408 valence electrons. The molecule has 2 unspecified atom stereocenters. The van der Waals surface area contributed by atoms with E-state index < -0.39 is 11.7 Å². The Morgan fingerprint density at radius 3 is 1.26 bits per heavy atom. The molecule has 6 heterocycles. The summed E-state index contributed by atoms with van der Waals surface area (Å²) in [5.74, 6) is -0.763. The zero-order valence-electron chi connectivity index (χ0n) is 46.3. The summed E-state index contributed by atoms with van der Waals surface area (Å²) in [6.45, 7) is 12.7. The third-order valence-corrected chi connectivity index (χ3v) is 22.3. The topological polar surface area (TPSA) is 73.5 Å². The maximum atomic E-state index is 15.9. The predicted molar refractivity (Wildman–Crippen MR) is 336 cm³/mol. The van der Waals surface area contributed by atoms with Gasteiger partial charge in [0.05, 0.1) is 47.2 Å². The summed E-state index contributed by atoms with van der Waals surface area (Å²) in [4.78, 5) is 20.1. The third kappa shape index (κ3) is 14.6. The van der Waals surface area contributed by atoms with Crippen molar-refractivity contribution in [2.24, 2.45) is 11.8 Å². The van der Waals surface area contributed by atoms with Crippen molar-refractivity contribution >= 4 is 105 Å². The highest BCUT2D eigenvalue weighted by Gasteiger charge is 2.32. The van der Waals surface area contributed by atoms with Crippen molar-refractivity contribution in [3.8, 4) is 40.7 Å². The van der Waals surface area contributed by atoms with Gasteiger partial charge in [-0.3, -0.25) is 10.8 Å². The number of hydrogen-bond acceptors (Lipinski definition) is 10. The molecule has 6 aromatic heterocycles. The molecule has 0 aliphatic heterocycles. The van der Waals surface area contributed by atoms with Crippen LogP contribution in [0.3, 0.4) is 0 Å². The van der Waals surface area contributed by atoms with Gasteiger partial charge in [0.25, 0.3) is 0 Å². The molecule has 0 bridgehead atoms. The average molecular weight is 1140 g/mol. The van der Waals surface area contributed by atoms with Gasteiger partial charge in [0, 0.05) is 46.0 Å². The zero-order chi connectivity index (χ0) is 53.6. The summed E-state index contributed by atoms with van der Waals surface area (Å²) in [5, 5.41) is 19.3. The van der Waals surface area contributed by atoms with Gasteiger partial charge in [0.1, 0.15) is 10.0 Å². The lowest BCUT2D eigenvalue weighted by Crippen LogP contribution is -2.20. The molecule has 0 radical (unpaired) electrons. The number of rotatable bonds is 33. The first-order valence-electron chi connectivity index (χ1n) is 29.1. The van der Waals surface area contributed by atoms with Gasteiger partial charge in [-0.05, 0) is 87.1 Å². The minimum atomic E-state index is -1.08. The van der Waals surface area contributed by atoms with E-state index in [-0.39, 0.29) is 22.6 Å². The van der Waals surface area contributed by atoms with E-state index in [9.17, 15) is 0 Å². The lowest BCUT2D eigenvalue weighted by atomic mass is 9.91. The van der Waals surface area contributed by atoms with Gasteiger partial charge in [-0.15, -0.1) is 68.0 Å². The number of halogens is 2. The van der Waals surface area contributed by atoms with Crippen LogP contribution in [0.5, 0.6) is 0 Å². The van der Waals surface area contributed by atoms with Crippen LogP contribution in [0.25, 0.3) is 66.7 Å². The molecule has 1 aromatic carbocycles. The van der Waals surface area contributed by atoms with Crippen LogP contribution in [-0.4, -0.2) is 21.4 Å². The molecule has 1 aliphatic carbocycles. The molecule has 1 aliphatic rings. The summed E-state index contributed by atoms with van der Waals surface area (Å²) < 4.78 is 33.4. The van der Waals surface area contributed by atoms with E-state index >= 15 is 8.78 Å². The van der Waals surface area contributed by atoms with Crippen LogP contribution < -0.4 is 0 Å². The Labute approximate surface area is 477 Å². The Kier molecular flexibility index (Phi) is 22.4. The molecule has 0 amide bonds. The fraction of sp³-hybridized carbons (Fsp3) is 0.531. The second-order valence-corrected chi connectivity index (χ2v) is 28.3. The monoisotopic (exact) mass is 1140 g/mol. The predicted octanol–water partition coefficient (Wildman–Crippen LogP) is 23.9. The lowest BCUT2D eigenvalue weighted by Gasteiger charge is -2.17. The van der Waals surface area contributed by atoms with Crippen LogP contribution in [0, 0.1) is 29.6 Å². The van der Waals surface area contributed by atoms with Crippen molar-refractivity contribution in [3.63, 3.8) is 0 Å². The number of benzene rings is 1. The van der Waals surface area contributed by atoms with Gasteiger partial charge in [-0.1, -0.05) is 182 Å². The van der Waals surface area contributed by atoms with Gasteiger partial charge in [-0.25, -0.2) is 18.7 Å². The van der Waals surface area contributed by atoms with E-state index in [4.69, 9.17) is 20.8 Å². The summed E-state index contributed by atoms with van der Waals surface area (Å²) in [5.41, 5.74) is 2.99. The SMILES string of the molecule is CCCCCCCCC(CCCCCC)Cc1ccc(-c2nc3c(-c4ccc(C5=C(F)C(F)=C(C)C(=N)C5=N)s4)c4sc(-c5ccc(CC(CCCCCC)CCCCCCCC)s5)nc4c(-c4ccc(C)s4)c3s2)s1. The highest BCUT2D eigenvalue weighted by molar-refractivity contribution is 7.28. The van der Waals surface area contributed by atoms with Crippen molar-refractivity contribution in [2.75, 3.05) is 0 Å². The Morgan fingerprint density at radius 1 is 0.421 bits per heavy atom. The van der Waals surface area contributed by atoms with Crippen LogP contribution in [0.1, 0.15) is 208 Å². The number of nitrogens with one attached hydrogen (secondary N) is 2. The molecule has 7 aromatic rings. The van der Waals surface area contributed by atoms with Crippen molar-refractivity contribution in [1.82, 2.24) is 9.97 Å². The van der Waals surface area contributed by atoms with Gasteiger partial charge in [0.15, 0.2) is 11.7 Å². The highest BCUT2D eigenvalue weighted by Crippen LogP contribution is 2.53. The fourth-order valence-corrected chi connectivity index (χ4v) is 17.8. The molecule has 2 N–H and O–H groups in total. The van der Waals surface area contributed by atoms with Gasteiger partial charge in [-0.2, -0.15) is 0 Å². The first-order valence-corrected chi connectivity index (χ1v) is 34.0. The number of unbranched alkanes of at least 4 members (excludes halogenated alkanes) is 16. The number of allylic oxidation sites excluding steroid dienone is 4. The van der Waals surface area contributed by atoms with Crippen LogP contribution in [0.2, 0.25) is 0 Å². The second kappa shape index (κ2) is 29.1. The second-order valence-electron chi connectivity index (χ2n) is 21.6. The Balaban J connectivity index is 1.19. The Morgan fingerprint density at radius 2 is 0.816 bits per heavy atom. The molecule has 2 atom stereocenters. The number of aromatic nitrogens is 2. The first-order chi connectivity index (χ1) is 37.0. The van der Waals surface area contributed by atoms with Crippen LogP contribution in [0.15, 0.2) is 65.8 Å². The molecular weight excluding hydrogens is 1060 g/mol. The standard InChI is InChI=1S/C64H82F2N4S6/c1-7-11-15-19-21-25-29-43(27-23-17-13-9-3)39-45-32-35-50(72-45)63-69-59-53(48-34-31-41(5)71-48)61-60(54(62(59)76-63)49-38-37-47(74-49)52-56(66)55(65)42(6)57(67)58(52)68)70-64(75-61)51-36-33-46(73-51)40-44(28-24-18-14-10-4)30-26-22-20-16-12-8-2/h31-38,43-44,67-68H,7-30,39-40H2,1-6H3. The smallest absolute Gasteiger partial charge is 0.170 e. The molecule has 4 nitrogen and oxygen atoms in total. The quantitative estimate of drug-likeness (QED) is 0.0318. The average Bonchev–Trinajstić information content (AvgIpc) is 4.43. The van der Waals surface area contributed by atoms with E-state index in [1.807, 2.05) is 28.7 Å². The number of aryl methyl sites for hydroxylation is 1. The maximum absolute atomic E-state index is 15.9. The largest absolute Gasteiger partial charge is 0.298 e. The minimum absolute atomic E-state index is 0.146. The number of thiazole rings is 2. The summed E-state index contributed by atoms with van der Waals surface area (Å²) >= 11 is 10.4. The van der Waals surface area contributed by atoms with Crippen LogP contribution in [-0.2, 0) is 12.8 Å². The van der Waals surface area contributed by atoms with Gasteiger partial charge < -0.3 is 0 Å². The molecule has 0 fully saturated rings. The van der Waals surface area contributed by atoms with Crippen LogP contribution >= 0.6 is 68.0 Å². The van der Waals surface area contributed by atoms with E-state index in [1.165, 1.54) is 197 Å². The van der Waals surface area contributed by atoms with Crippen LogP contribution in [0.4, 0.5) is 8.78 Å². The zero-order valence-corrected chi connectivity index (χ0v) is 51.2. The van der Waals surface area contributed by atoms with Crippen molar-refractivity contribution in [2.45, 2.75) is 208 Å². The number of nitrogens with zero attached hydrogens (tertiary/aromatic N) is 2. The molecule has 0 saturated carbocycles. The normalized spacial score (nSPS) is 14.2. The number of thiophene rings is 4. The van der Waals surface area contributed by atoms with Gasteiger partial charge in [0.2, 0.25) is 0 Å². The Hall–Kier alpha value is -3.52. The van der Waals surface area contributed by atoms with E-state index in [0.29, 0.717) is 16.7 Å². The molecular formula is C64H82F2N4S6. The molecule has 12 heteroatoms. The van der Waals surface area contributed by atoms with Gasteiger partial charge >= 0.3 is 0 Å². The molecule has 8 rings (SSSR count). The third-order valence-electron chi connectivity index (χ3n) is 15.5. The summed E-state index contributed by atoms with van der Waals surface area (Å²) in [6, 6.07) is 17.5. The van der Waals surface area contributed by atoms with E-state index in [1.54, 1.807) is 40.1 Å². The molecule has 76 heavy (non-hydrogen) atoms. The van der Waals surface area contributed by atoms with Crippen molar-refractivity contribution < 1.29 is 8.78 Å². The van der Waals surface area contributed by atoms with E-state index in [0.717, 1.165) is 64.2 Å². The Bertz CT molecular complexity index is 2950. The van der Waals surface area contributed by atoms with Crippen molar-refractivity contribution in [3.05, 3.63) is 85.3 Å². The first kappa shape index (κ1) is 58.6. The highest BCUT2D eigenvalue weighted by atomic mass is 32.1. The number of fused-ring (bicyclic) bond motifs is 2. The molecule has 0 saturated heterocycles. The number of hydrogen-bond donors (Lipinski definition) is 2.